The molecule has 1 heterocycles. The Balaban J connectivity index is 2.29. The van der Waals surface area contributed by atoms with Gasteiger partial charge in [0.1, 0.15) is 6.04 Å². The third-order valence-electron chi connectivity index (χ3n) is 2.62. The van der Waals surface area contributed by atoms with Gasteiger partial charge in [0.15, 0.2) is 4.47 Å². The summed E-state index contributed by atoms with van der Waals surface area (Å²) in [6, 6.07) is -0.848. The predicted octanol–water partition coefficient (Wildman–Crippen LogP) is 1.24. The number of aliphatic carboxylic acids is 1. The first-order valence-corrected chi connectivity index (χ1v) is 5.36. The van der Waals surface area contributed by atoms with Gasteiger partial charge in [-0.2, -0.15) is 0 Å². The Hall–Kier alpha value is -0.650. The summed E-state index contributed by atoms with van der Waals surface area (Å²) in [5, 5.41) is 8.85. The number of carboxylic acid groups (broad SMARTS) is 1. The van der Waals surface area contributed by atoms with Crippen molar-refractivity contribution in [1.82, 2.24) is 4.98 Å². The molecule has 0 radical (unpaired) electrons. The average molecular weight is 233 g/mol. The Bertz CT molecular complexity index is 375. The summed E-state index contributed by atoms with van der Waals surface area (Å²) in [7, 11) is 0. The molecule has 0 bridgehead atoms. The monoisotopic (exact) mass is 232 g/mol. The van der Waals surface area contributed by atoms with Gasteiger partial charge in [0.05, 0.1) is 0 Å². The summed E-state index contributed by atoms with van der Waals surface area (Å²) < 4.78 is 0.434. The summed E-state index contributed by atoms with van der Waals surface area (Å²) in [5.74, 6) is -0.966. The van der Waals surface area contributed by atoms with Crippen LogP contribution in [0.2, 0.25) is 4.47 Å². The van der Waals surface area contributed by atoms with Crippen LogP contribution in [0.1, 0.15) is 17.7 Å². The highest BCUT2D eigenvalue weighted by Crippen LogP contribution is 2.52. The molecule has 1 saturated carbocycles. The van der Waals surface area contributed by atoms with Crippen LogP contribution in [0.15, 0.2) is 6.20 Å². The van der Waals surface area contributed by atoms with Gasteiger partial charge < -0.3 is 10.8 Å². The third-order valence-corrected chi connectivity index (χ3v) is 3.95. The summed E-state index contributed by atoms with van der Waals surface area (Å²) in [4.78, 5) is 15.6. The van der Waals surface area contributed by atoms with E-state index in [4.69, 9.17) is 22.4 Å². The lowest BCUT2D eigenvalue weighted by Crippen LogP contribution is -2.41. The summed E-state index contributed by atoms with van der Waals surface area (Å²) in [6.07, 6.45) is 3.24. The zero-order valence-corrected chi connectivity index (χ0v) is 8.81. The maximum absolute atomic E-state index is 10.8. The molecule has 3 N–H and O–H groups in total. The molecule has 1 fully saturated rings. The highest BCUT2D eigenvalue weighted by atomic mass is 35.5. The minimum atomic E-state index is -0.966. The van der Waals surface area contributed by atoms with Crippen LogP contribution in [0.25, 0.3) is 0 Å². The molecule has 1 aliphatic rings. The molecular formula is C8H9ClN2O2S. The van der Waals surface area contributed by atoms with E-state index in [1.54, 1.807) is 6.20 Å². The predicted molar refractivity (Wildman–Crippen MR) is 53.6 cm³/mol. The van der Waals surface area contributed by atoms with E-state index in [9.17, 15) is 4.79 Å². The lowest BCUT2D eigenvalue weighted by molar-refractivity contribution is -0.139. The van der Waals surface area contributed by atoms with Crippen LogP contribution < -0.4 is 5.73 Å². The van der Waals surface area contributed by atoms with E-state index in [0.717, 1.165) is 17.7 Å². The van der Waals surface area contributed by atoms with Crippen molar-refractivity contribution in [1.29, 1.82) is 0 Å². The molecule has 0 aliphatic heterocycles. The van der Waals surface area contributed by atoms with Crippen LogP contribution in [-0.4, -0.2) is 22.1 Å². The zero-order chi connectivity index (χ0) is 10.3. The van der Waals surface area contributed by atoms with Crippen molar-refractivity contribution in [2.24, 2.45) is 5.73 Å². The molecule has 14 heavy (non-hydrogen) atoms. The molecule has 1 atom stereocenters. The van der Waals surface area contributed by atoms with Gasteiger partial charge in [-0.1, -0.05) is 11.6 Å². The normalized spacial score (nSPS) is 20.4. The maximum Gasteiger partial charge on any atom is 0.321 e. The topological polar surface area (TPSA) is 76.2 Å². The van der Waals surface area contributed by atoms with E-state index >= 15 is 0 Å². The minimum absolute atomic E-state index is 0.406. The molecular weight excluding hydrogens is 224 g/mol. The number of rotatable bonds is 3. The lowest BCUT2D eigenvalue weighted by atomic mass is 9.96. The smallest absolute Gasteiger partial charge is 0.321 e. The summed E-state index contributed by atoms with van der Waals surface area (Å²) in [5.41, 5.74) is 5.23. The number of halogens is 1. The second kappa shape index (κ2) is 3.18. The number of carboxylic acids is 1. The molecule has 0 saturated heterocycles. The summed E-state index contributed by atoms with van der Waals surface area (Å²) >= 11 is 7.01. The molecule has 0 aromatic carbocycles. The molecule has 2 rings (SSSR count). The fraction of sp³-hybridized carbons (Fsp3) is 0.500. The van der Waals surface area contributed by atoms with Crippen molar-refractivity contribution in [2.75, 3.05) is 0 Å². The molecule has 1 aliphatic carbocycles. The van der Waals surface area contributed by atoms with Gasteiger partial charge in [0, 0.05) is 16.5 Å². The van der Waals surface area contributed by atoms with E-state index < -0.39 is 17.4 Å². The highest BCUT2D eigenvalue weighted by Gasteiger charge is 2.53. The highest BCUT2D eigenvalue weighted by molar-refractivity contribution is 7.15. The summed E-state index contributed by atoms with van der Waals surface area (Å²) in [6.45, 7) is 0. The largest absolute Gasteiger partial charge is 0.480 e. The van der Waals surface area contributed by atoms with Crippen molar-refractivity contribution in [3.63, 3.8) is 0 Å². The first kappa shape index (κ1) is 9.89. The van der Waals surface area contributed by atoms with Crippen molar-refractivity contribution < 1.29 is 9.90 Å². The Morgan fingerprint density at radius 1 is 1.79 bits per heavy atom. The zero-order valence-electron chi connectivity index (χ0n) is 7.24. The molecule has 1 aromatic rings. The van der Waals surface area contributed by atoms with Crippen molar-refractivity contribution in [2.45, 2.75) is 24.3 Å². The molecule has 1 aromatic heterocycles. The number of aromatic nitrogens is 1. The van der Waals surface area contributed by atoms with Crippen LogP contribution >= 0.6 is 22.9 Å². The van der Waals surface area contributed by atoms with Crippen molar-refractivity contribution in [3.8, 4) is 0 Å². The number of nitrogens with zero attached hydrogens (tertiary/aromatic N) is 1. The van der Waals surface area contributed by atoms with Crippen LogP contribution in [0.5, 0.6) is 0 Å². The van der Waals surface area contributed by atoms with Gasteiger partial charge in [-0.15, -0.1) is 11.3 Å². The number of thiazole rings is 1. The Morgan fingerprint density at radius 3 is 2.79 bits per heavy atom. The third kappa shape index (κ3) is 1.41. The van der Waals surface area contributed by atoms with E-state index in [2.05, 4.69) is 4.98 Å². The van der Waals surface area contributed by atoms with Crippen LogP contribution in [0.3, 0.4) is 0 Å². The molecule has 0 spiro atoms. The van der Waals surface area contributed by atoms with Gasteiger partial charge >= 0.3 is 5.97 Å². The maximum atomic E-state index is 10.8. The number of hydrogen-bond acceptors (Lipinski definition) is 4. The molecule has 4 nitrogen and oxygen atoms in total. The molecule has 76 valence electrons. The Kier molecular flexibility index (Phi) is 2.25. The van der Waals surface area contributed by atoms with Gasteiger partial charge in [0.25, 0.3) is 0 Å². The average Bonchev–Trinajstić information content (AvgIpc) is 2.83. The first-order chi connectivity index (χ1) is 6.56. The quantitative estimate of drug-likeness (QED) is 0.822. The lowest BCUT2D eigenvalue weighted by Gasteiger charge is -2.16. The number of carbonyl (C=O) groups is 1. The van der Waals surface area contributed by atoms with E-state index in [0.29, 0.717) is 4.47 Å². The van der Waals surface area contributed by atoms with Gasteiger partial charge in [-0.05, 0) is 12.8 Å². The second-order valence-electron chi connectivity index (χ2n) is 3.45. The van der Waals surface area contributed by atoms with Crippen LogP contribution in [0, 0.1) is 0 Å². The SMILES string of the molecule is NC(C(=O)O)C1(c2cnc(Cl)s2)CC1. The van der Waals surface area contributed by atoms with Crippen molar-refractivity contribution in [3.05, 3.63) is 15.5 Å². The Morgan fingerprint density at radius 2 is 2.43 bits per heavy atom. The van der Waals surface area contributed by atoms with Crippen molar-refractivity contribution >= 4 is 28.9 Å². The molecule has 6 heteroatoms. The van der Waals surface area contributed by atoms with E-state index in [1.165, 1.54) is 11.3 Å². The van der Waals surface area contributed by atoms with Gasteiger partial charge in [-0.3, -0.25) is 4.79 Å². The van der Waals surface area contributed by atoms with Gasteiger partial charge in [-0.25, -0.2) is 4.98 Å². The fourth-order valence-corrected chi connectivity index (χ4v) is 2.79. The molecule has 1 unspecified atom stereocenters. The fourth-order valence-electron chi connectivity index (χ4n) is 1.56. The van der Waals surface area contributed by atoms with E-state index in [-0.39, 0.29) is 0 Å². The number of nitrogens with two attached hydrogens (primary N) is 1. The van der Waals surface area contributed by atoms with Gasteiger partial charge in [0.2, 0.25) is 0 Å². The molecule has 0 amide bonds. The van der Waals surface area contributed by atoms with E-state index in [1.807, 2.05) is 0 Å². The minimum Gasteiger partial charge on any atom is -0.480 e. The van der Waals surface area contributed by atoms with Crippen LogP contribution in [0.4, 0.5) is 0 Å². The number of hydrogen-bond donors (Lipinski definition) is 2. The first-order valence-electron chi connectivity index (χ1n) is 4.16. The Labute approximate surface area is 89.7 Å². The standard InChI is InChI=1S/C8H9ClN2O2S/c9-7-11-3-4(14-7)8(1-2-8)5(10)6(12)13/h3,5H,1-2,10H2,(H,12,13). The second-order valence-corrected chi connectivity index (χ2v) is 5.06. The van der Waals surface area contributed by atoms with Crippen LogP contribution in [-0.2, 0) is 10.2 Å².